The Morgan fingerprint density at radius 3 is 2.37 bits per heavy atom. The van der Waals surface area contributed by atoms with Gasteiger partial charge in [-0.05, 0) is 86.4 Å². The van der Waals surface area contributed by atoms with Crippen LogP contribution in [0.3, 0.4) is 0 Å². The van der Waals surface area contributed by atoms with Crippen molar-refractivity contribution in [2.24, 2.45) is 0 Å². The first-order valence-corrected chi connectivity index (χ1v) is 12.2. The number of hydrogen-bond donors (Lipinski definition) is 0. The Hall–Kier alpha value is -2.96. The zero-order valence-electron chi connectivity index (χ0n) is 19.6. The van der Waals surface area contributed by atoms with E-state index in [0.29, 0.717) is 29.4 Å². The van der Waals surface area contributed by atoms with Gasteiger partial charge in [-0.15, -0.1) is 0 Å². The Labute approximate surface area is 209 Å². The first-order valence-electron chi connectivity index (χ1n) is 11.8. The molecule has 35 heavy (non-hydrogen) atoms. The molecule has 0 aliphatic carbocycles. The van der Waals surface area contributed by atoms with Crippen LogP contribution < -0.4 is 9.64 Å². The number of hydrogen-bond acceptors (Lipinski definition) is 3. The van der Waals surface area contributed by atoms with Gasteiger partial charge in [0.15, 0.2) is 6.61 Å². The van der Waals surface area contributed by atoms with Gasteiger partial charge in [-0.2, -0.15) is 0 Å². The van der Waals surface area contributed by atoms with Crippen LogP contribution in [-0.4, -0.2) is 37.0 Å². The van der Waals surface area contributed by atoms with E-state index >= 15 is 0 Å². The molecule has 2 aliphatic heterocycles. The molecule has 2 aliphatic rings. The second kappa shape index (κ2) is 9.59. The Morgan fingerprint density at radius 2 is 1.69 bits per heavy atom. The van der Waals surface area contributed by atoms with E-state index in [4.69, 9.17) is 16.3 Å². The van der Waals surface area contributed by atoms with E-state index in [1.807, 2.05) is 17.0 Å². The molecule has 0 aromatic heterocycles. The molecule has 1 fully saturated rings. The number of likely N-dealkylation sites (tertiary alicyclic amines) is 1. The molecule has 7 heteroatoms. The summed E-state index contributed by atoms with van der Waals surface area (Å²) in [6, 6.07) is 16.9. The van der Waals surface area contributed by atoms with Crippen molar-refractivity contribution < 1.29 is 18.3 Å². The number of ether oxygens (including phenoxy) is 1. The second-order valence-corrected chi connectivity index (χ2v) is 10.0. The van der Waals surface area contributed by atoms with Crippen LogP contribution in [0.15, 0.2) is 60.7 Å². The fourth-order valence-corrected chi connectivity index (χ4v) is 5.41. The van der Waals surface area contributed by atoms with Crippen LogP contribution in [0.5, 0.6) is 5.75 Å². The van der Waals surface area contributed by atoms with Crippen molar-refractivity contribution >= 4 is 23.2 Å². The molecule has 0 unspecified atom stereocenters. The molecule has 1 spiro atoms. The molecule has 4 nitrogen and oxygen atoms in total. The van der Waals surface area contributed by atoms with Gasteiger partial charge in [-0.3, -0.25) is 9.69 Å². The molecule has 182 valence electrons. The summed E-state index contributed by atoms with van der Waals surface area (Å²) in [5.74, 6) is -0.588. The molecule has 1 amide bonds. The number of rotatable bonds is 5. The van der Waals surface area contributed by atoms with Gasteiger partial charge in [0.1, 0.15) is 17.4 Å². The molecule has 0 bridgehead atoms. The van der Waals surface area contributed by atoms with Crippen LogP contribution >= 0.6 is 11.6 Å². The number of anilines is 1. The second-order valence-electron chi connectivity index (χ2n) is 9.58. The third-order valence-corrected chi connectivity index (χ3v) is 7.35. The molecule has 0 atom stereocenters. The van der Waals surface area contributed by atoms with E-state index in [0.717, 1.165) is 43.2 Å². The van der Waals surface area contributed by atoms with Crippen LogP contribution in [0, 0.1) is 18.6 Å². The van der Waals surface area contributed by atoms with E-state index in [1.54, 1.807) is 24.3 Å². The van der Waals surface area contributed by atoms with Gasteiger partial charge in [-0.1, -0.05) is 29.3 Å². The van der Waals surface area contributed by atoms with Gasteiger partial charge >= 0.3 is 0 Å². The van der Waals surface area contributed by atoms with Crippen LogP contribution in [0.4, 0.5) is 14.5 Å². The lowest BCUT2D eigenvalue weighted by atomic mass is 9.74. The first-order chi connectivity index (χ1) is 16.8. The minimum absolute atomic E-state index is 0.0533. The maximum absolute atomic E-state index is 13.6. The molecular weight excluding hydrogens is 470 g/mol. The van der Waals surface area contributed by atoms with Crippen LogP contribution in [-0.2, 0) is 16.8 Å². The molecule has 2 heterocycles. The summed E-state index contributed by atoms with van der Waals surface area (Å²) in [7, 11) is 0. The van der Waals surface area contributed by atoms with Gasteiger partial charge in [-0.25, -0.2) is 8.78 Å². The SMILES string of the molecule is Cc1ccc2c(c1)C1(CCN(Cc3cc(F)cc(F)c3)CC1)CN2C(=O)COc1ccc(Cl)cc1. The number of carbonyl (C=O) groups excluding carboxylic acids is 1. The highest BCUT2D eigenvalue weighted by molar-refractivity contribution is 6.30. The molecule has 0 radical (unpaired) electrons. The first kappa shape index (κ1) is 23.8. The number of benzene rings is 3. The number of piperidine rings is 1. The standard InChI is InChI=1S/C28H27ClF2N2O2/c1-19-2-7-26-25(12-19)28(18-33(26)27(34)17-35-24-5-3-21(29)4-6-24)8-10-32(11-9-28)16-20-13-22(30)15-23(31)14-20/h2-7,12-15H,8-11,16-18H2,1H3. The van der Waals surface area contributed by atoms with Gasteiger partial charge in [0.2, 0.25) is 0 Å². The van der Waals surface area contributed by atoms with E-state index in [9.17, 15) is 13.6 Å². The lowest BCUT2D eigenvalue weighted by Gasteiger charge is -2.40. The van der Waals surface area contributed by atoms with E-state index in [2.05, 4.69) is 17.9 Å². The van der Waals surface area contributed by atoms with Crippen LogP contribution in [0.2, 0.25) is 5.02 Å². The minimum atomic E-state index is -0.552. The average Bonchev–Trinajstić information content (AvgIpc) is 3.13. The van der Waals surface area contributed by atoms with Crippen molar-refractivity contribution in [1.29, 1.82) is 0 Å². The predicted molar refractivity (Wildman–Crippen MR) is 133 cm³/mol. The summed E-state index contributed by atoms with van der Waals surface area (Å²) in [5, 5.41) is 0.614. The average molecular weight is 497 g/mol. The van der Waals surface area contributed by atoms with E-state index in [-0.39, 0.29) is 17.9 Å². The van der Waals surface area contributed by atoms with Gasteiger partial charge in [0.25, 0.3) is 5.91 Å². The quantitative estimate of drug-likeness (QED) is 0.442. The summed E-state index contributed by atoms with van der Waals surface area (Å²) in [5.41, 5.74) is 3.81. The molecule has 3 aromatic carbocycles. The van der Waals surface area contributed by atoms with E-state index in [1.165, 1.54) is 17.7 Å². The van der Waals surface area contributed by atoms with Crippen molar-refractivity contribution in [2.75, 3.05) is 31.1 Å². The lowest BCUT2D eigenvalue weighted by Crippen LogP contribution is -2.46. The number of fused-ring (bicyclic) bond motifs is 2. The Bertz CT molecular complexity index is 1220. The highest BCUT2D eigenvalue weighted by Crippen LogP contribution is 2.47. The normalized spacial score (nSPS) is 17.0. The third-order valence-electron chi connectivity index (χ3n) is 7.09. The van der Waals surface area contributed by atoms with Gasteiger partial charge in [0, 0.05) is 35.3 Å². The van der Waals surface area contributed by atoms with Gasteiger partial charge < -0.3 is 9.64 Å². The highest BCUT2D eigenvalue weighted by Gasteiger charge is 2.46. The Morgan fingerprint density at radius 1 is 1.00 bits per heavy atom. The third kappa shape index (κ3) is 5.04. The molecule has 0 saturated carbocycles. The molecule has 5 rings (SSSR count). The summed E-state index contributed by atoms with van der Waals surface area (Å²) in [6.45, 7) is 4.70. The maximum Gasteiger partial charge on any atom is 0.264 e. The number of nitrogens with zero attached hydrogens (tertiary/aromatic N) is 2. The summed E-state index contributed by atoms with van der Waals surface area (Å²) in [6.07, 6.45) is 1.73. The summed E-state index contributed by atoms with van der Waals surface area (Å²) in [4.78, 5) is 17.3. The van der Waals surface area contributed by atoms with E-state index < -0.39 is 11.6 Å². The van der Waals surface area contributed by atoms with Gasteiger partial charge in [0.05, 0.1) is 0 Å². The smallest absolute Gasteiger partial charge is 0.264 e. The monoisotopic (exact) mass is 496 g/mol. The number of halogens is 3. The number of carbonyl (C=O) groups is 1. The largest absolute Gasteiger partial charge is 0.484 e. The van der Waals surface area contributed by atoms with Crippen LogP contribution in [0.25, 0.3) is 0 Å². The zero-order valence-corrected chi connectivity index (χ0v) is 20.3. The molecule has 3 aromatic rings. The lowest BCUT2D eigenvalue weighted by molar-refractivity contribution is -0.120. The highest BCUT2D eigenvalue weighted by atomic mass is 35.5. The number of aryl methyl sites for hydroxylation is 1. The van der Waals surface area contributed by atoms with Crippen molar-refractivity contribution in [3.05, 3.63) is 94.0 Å². The van der Waals surface area contributed by atoms with Crippen molar-refractivity contribution in [3.63, 3.8) is 0 Å². The topological polar surface area (TPSA) is 32.8 Å². The minimum Gasteiger partial charge on any atom is -0.484 e. The summed E-state index contributed by atoms with van der Waals surface area (Å²) < 4.78 is 33.0. The summed E-state index contributed by atoms with van der Waals surface area (Å²) >= 11 is 5.93. The fraction of sp³-hybridized carbons (Fsp3) is 0.321. The maximum atomic E-state index is 13.6. The van der Waals surface area contributed by atoms with Crippen molar-refractivity contribution in [3.8, 4) is 5.75 Å². The fourth-order valence-electron chi connectivity index (χ4n) is 5.29. The van der Waals surface area contributed by atoms with Crippen LogP contribution in [0.1, 0.15) is 29.5 Å². The van der Waals surface area contributed by atoms with Crippen molar-refractivity contribution in [1.82, 2.24) is 4.90 Å². The van der Waals surface area contributed by atoms with Crippen molar-refractivity contribution in [2.45, 2.75) is 31.7 Å². The molecule has 0 N–H and O–H groups in total. The Balaban J connectivity index is 1.29. The number of amides is 1. The Kier molecular flexibility index (Phi) is 6.51. The molecule has 1 saturated heterocycles. The molecular formula is C28H27ClF2N2O2. The predicted octanol–water partition coefficient (Wildman–Crippen LogP) is 5.89. The zero-order chi connectivity index (χ0) is 24.6.